The molecular formula is C12H20N4O2S. The van der Waals surface area contributed by atoms with Crippen LogP contribution < -0.4 is 11.0 Å². The third-order valence-corrected chi connectivity index (χ3v) is 3.80. The molecule has 0 saturated heterocycles. The Morgan fingerprint density at radius 3 is 2.68 bits per heavy atom. The average molecular weight is 284 g/mol. The van der Waals surface area contributed by atoms with Crippen LogP contribution >= 0.6 is 11.8 Å². The fourth-order valence-electron chi connectivity index (χ4n) is 1.71. The number of nitrogens with zero attached hydrogens (tertiary/aromatic N) is 2. The van der Waals surface area contributed by atoms with Crippen LogP contribution in [0.25, 0.3) is 0 Å². The van der Waals surface area contributed by atoms with Crippen molar-refractivity contribution in [3.05, 3.63) is 10.5 Å². The molecule has 1 heterocycles. The van der Waals surface area contributed by atoms with Crippen molar-refractivity contribution in [3.8, 4) is 0 Å². The number of aromatic amines is 1. The predicted octanol–water partition coefficient (Wildman–Crippen LogP) is 1.30. The number of aromatic nitrogens is 3. The lowest BCUT2D eigenvalue weighted by Gasteiger charge is -2.22. The Bertz CT molecular complexity index is 525. The van der Waals surface area contributed by atoms with Gasteiger partial charge in [0.1, 0.15) is 0 Å². The molecule has 1 amide bonds. The number of H-pyrrole nitrogens is 1. The van der Waals surface area contributed by atoms with E-state index in [0.717, 1.165) is 12.8 Å². The molecule has 1 atom stereocenters. The minimum atomic E-state index is -0.285. The van der Waals surface area contributed by atoms with Crippen molar-refractivity contribution in [1.82, 2.24) is 20.1 Å². The molecule has 0 aliphatic heterocycles. The summed E-state index contributed by atoms with van der Waals surface area (Å²) in [7, 11) is 0. The number of hydrogen-bond acceptors (Lipinski definition) is 4. The monoisotopic (exact) mass is 284 g/mol. The van der Waals surface area contributed by atoms with Gasteiger partial charge in [-0.2, -0.15) is 0 Å². The van der Waals surface area contributed by atoms with Gasteiger partial charge in [-0.15, -0.1) is 5.10 Å². The molecule has 1 aromatic heterocycles. The summed E-state index contributed by atoms with van der Waals surface area (Å²) in [6.45, 7) is 7.65. The fraction of sp³-hybridized carbons (Fsp3) is 0.750. The summed E-state index contributed by atoms with van der Waals surface area (Å²) < 4.78 is 1.66. The Morgan fingerprint density at radius 2 is 2.16 bits per heavy atom. The van der Waals surface area contributed by atoms with Gasteiger partial charge in [0.05, 0.1) is 5.25 Å². The molecule has 0 spiro atoms. The summed E-state index contributed by atoms with van der Waals surface area (Å²) in [4.78, 5) is 23.6. The summed E-state index contributed by atoms with van der Waals surface area (Å²) in [5.41, 5.74) is -0.443. The van der Waals surface area contributed by atoms with Crippen LogP contribution in [0.15, 0.2) is 9.95 Å². The van der Waals surface area contributed by atoms with E-state index in [4.69, 9.17) is 0 Å². The Hall–Kier alpha value is -1.24. The van der Waals surface area contributed by atoms with Crippen LogP contribution in [0, 0.1) is 0 Å². The largest absolute Gasteiger partial charge is 0.351 e. The third kappa shape index (κ3) is 3.62. The normalized spacial score (nSPS) is 17.3. The van der Waals surface area contributed by atoms with Crippen molar-refractivity contribution in [2.45, 2.75) is 62.5 Å². The van der Waals surface area contributed by atoms with Crippen LogP contribution in [0.3, 0.4) is 0 Å². The van der Waals surface area contributed by atoms with Gasteiger partial charge in [0.2, 0.25) is 5.91 Å². The van der Waals surface area contributed by atoms with Gasteiger partial charge in [-0.3, -0.25) is 9.36 Å². The molecule has 6 nitrogen and oxygen atoms in total. The lowest BCUT2D eigenvalue weighted by Crippen LogP contribution is -2.44. The van der Waals surface area contributed by atoms with Crippen LogP contribution in [0.4, 0.5) is 0 Å². The Labute approximate surface area is 116 Å². The number of thioether (sulfide) groups is 1. The summed E-state index contributed by atoms with van der Waals surface area (Å²) in [6.07, 6.45) is 2.02. The molecule has 1 fully saturated rings. The van der Waals surface area contributed by atoms with E-state index in [1.807, 2.05) is 27.7 Å². The molecular weight excluding hydrogens is 264 g/mol. The molecule has 106 valence electrons. The van der Waals surface area contributed by atoms with Gasteiger partial charge in [-0.25, -0.2) is 9.89 Å². The highest BCUT2D eigenvalue weighted by molar-refractivity contribution is 8.00. The first kappa shape index (κ1) is 14.2. The first-order valence-corrected chi connectivity index (χ1v) is 7.31. The summed E-state index contributed by atoms with van der Waals surface area (Å²) in [5, 5.41) is 9.70. The second kappa shape index (κ2) is 5.03. The van der Waals surface area contributed by atoms with Gasteiger partial charge < -0.3 is 5.32 Å². The van der Waals surface area contributed by atoms with Gasteiger partial charge in [0.25, 0.3) is 0 Å². The second-order valence-electron chi connectivity index (χ2n) is 5.91. The SMILES string of the molecule is C[C@H](Sc1n[nH]c(=O)n1C1CC1)C(=O)NC(C)(C)C. The molecule has 1 aliphatic carbocycles. The van der Waals surface area contributed by atoms with E-state index in [1.54, 1.807) is 4.57 Å². The van der Waals surface area contributed by atoms with Gasteiger partial charge >= 0.3 is 5.69 Å². The van der Waals surface area contributed by atoms with Crippen LogP contribution in [0.2, 0.25) is 0 Å². The summed E-state index contributed by atoms with van der Waals surface area (Å²) in [6, 6.07) is 0.256. The topological polar surface area (TPSA) is 79.8 Å². The first-order chi connectivity index (χ1) is 8.78. The predicted molar refractivity (Wildman–Crippen MR) is 74.3 cm³/mol. The van der Waals surface area contributed by atoms with Crippen molar-refractivity contribution in [2.75, 3.05) is 0 Å². The number of carbonyl (C=O) groups is 1. The minimum absolute atomic E-state index is 0.0460. The molecule has 0 aromatic carbocycles. The Morgan fingerprint density at radius 1 is 1.53 bits per heavy atom. The summed E-state index contributed by atoms with van der Waals surface area (Å²) in [5.74, 6) is -0.0460. The maximum atomic E-state index is 12.0. The number of hydrogen-bond donors (Lipinski definition) is 2. The molecule has 1 aliphatic rings. The molecule has 19 heavy (non-hydrogen) atoms. The highest BCUT2D eigenvalue weighted by Gasteiger charge is 2.30. The number of nitrogens with one attached hydrogen (secondary N) is 2. The van der Waals surface area contributed by atoms with Gasteiger partial charge in [0, 0.05) is 11.6 Å². The lowest BCUT2D eigenvalue weighted by molar-refractivity contribution is -0.121. The zero-order valence-corrected chi connectivity index (χ0v) is 12.5. The fourth-order valence-corrected chi connectivity index (χ4v) is 2.64. The molecule has 2 rings (SSSR count). The zero-order chi connectivity index (χ0) is 14.2. The van der Waals surface area contributed by atoms with E-state index in [1.165, 1.54) is 11.8 Å². The maximum Gasteiger partial charge on any atom is 0.344 e. The van der Waals surface area contributed by atoms with Gasteiger partial charge in [-0.05, 0) is 40.5 Å². The summed E-state index contributed by atoms with van der Waals surface area (Å²) >= 11 is 1.32. The second-order valence-corrected chi connectivity index (χ2v) is 7.22. The molecule has 2 N–H and O–H groups in total. The molecule has 0 bridgehead atoms. The highest BCUT2D eigenvalue weighted by Crippen LogP contribution is 2.36. The van der Waals surface area contributed by atoms with Crippen molar-refractivity contribution < 1.29 is 4.79 Å². The van der Waals surface area contributed by atoms with E-state index in [9.17, 15) is 9.59 Å². The van der Waals surface area contributed by atoms with E-state index in [2.05, 4.69) is 15.5 Å². The zero-order valence-electron chi connectivity index (χ0n) is 11.7. The number of amides is 1. The van der Waals surface area contributed by atoms with Crippen molar-refractivity contribution >= 4 is 17.7 Å². The highest BCUT2D eigenvalue weighted by atomic mass is 32.2. The average Bonchev–Trinajstić information content (AvgIpc) is 3.02. The van der Waals surface area contributed by atoms with E-state index >= 15 is 0 Å². The lowest BCUT2D eigenvalue weighted by atomic mass is 10.1. The van der Waals surface area contributed by atoms with Crippen LogP contribution in [-0.4, -0.2) is 31.5 Å². The Balaban J connectivity index is 2.05. The van der Waals surface area contributed by atoms with Crippen LogP contribution in [-0.2, 0) is 4.79 Å². The number of carbonyl (C=O) groups excluding carboxylic acids is 1. The van der Waals surface area contributed by atoms with Crippen molar-refractivity contribution in [3.63, 3.8) is 0 Å². The molecule has 7 heteroatoms. The van der Waals surface area contributed by atoms with E-state index in [0.29, 0.717) is 5.16 Å². The molecule has 0 radical (unpaired) electrons. The van der Waals surface area contributed by atoms with Crippen LogP contribution in [0.1, 0.15) is 46.6 Å². The van der Waals surface area contributed by atoms with Crippen LogP contribution in [0.5, 0.6) is 0 Å². The minimum Gasteiger partial charge on any atom is -0.351 e. The van der Waals surface area contributed by atoms with E-state index in [-0.39, 0.29) is 28.4 Å². The van der Waals surface area contributed by atoms with Crippen molar-refractivity contribution in [2.24, 2.45) is 0 Å². The quantitative estimate of drug-likeness (QED) is 0.817. The Kier molecular flexibility index (Phi) is 3.75. The molecule has 1 saturated carbocycles. The van der Waals surface area contributed by atoms with E-state index < -0.39 is 0 Å². The van der Waals surface area contributed by atoms with Gasteiger partial charge in [-0.1, -0.05) is 11.8 Å². The third-order valence-electron chi connectivity index (χ3n) is 2.73. The first-order valence-electron chi connectivity index (χ1n) is 6.43. The van der Waals surface area contributed by atoms with Gasteiger partial charge in [0.15, 0.2) is 5.16 Å². The molecule has 0 unspecified atom stereocenters. The standard InChI is InChI=1S/C12H20N4O2S/c1-7(9(17)13-12(2,3)4)19-11-15-14-10(18)16(11)8-5-6-8/h7-8H,5-6H2,1-4H3,(H,13,17)(H,14,18)/t7-/m0/s1. The smallest absolute Gasteiger partial charge is 0.344 e. The molecule has 1 aromatic rings. The maximum absolute atomic E-state index is 12.0. The number of rotatable bonds is 4. The van der Waals surface area contributed by atoms with Crippen molar-refractivity contribution in [1.29, 1.82) is 0 Å².